The first-order chi connectivity index (χ1) is 9.79. The highest BCUT2D eigenvalue weighted by molar-refractivity contribution is 5.78. The van der Waals surface area contributed by atoms with Crippen LogP contribution in [0.3, 0.4) is 0 Å². The number of nitrogens with zero attached hydrogens (tertiary/aromatic N) is 3. The third-order valence-corrected chi connectivity index (χ3v) is 3.48. The minimum atomic E-state index is 0.240. The third kappa shape index (κ3) is 1.89. The molecule has 6 nitrogen and oxygen atoms in total. The molecule has 1 atom stereocenters. The Morgan fingerprint density at radius 1 is 1.25 bits per heavy atom. The normalized spacial score (nSPS) is 18.9. The molecule has 20 heavy (non-hydrogen) atoms. The smallest absolute Gasteiger partial charge is 0.258 e. The van der Waals surface area contributed by atoms with Gasteiger partial charge in [-0.1, -0.05) is 5.16 Å². The lowest BCUT2D eigenvalue weighted by atomic mass is 10.1. The van der Waals surface area contributed by atoms with Crippen LogP contribution in [-0.2, 0) is 4.74 Å². The van der Waals surface area contributed by atoms with Crippen LogP contribution < -0.4 is 0 Å². The molecule has 4 rings (SSSR count). The molecule has 0 aliphatic carbocycles. The van der Waals surface area contributed by atoms with E-state index in [0.29, 0.717) is 24.2 Å². The number of rotatable bonds is 2. The first-order valence-electron chi connectivity index (χ1n) is 6.58. The SMILES string of the molecule is Cc1nc2ccc(-c3nc(C4CCOC4)no3)cc2o1. The van der Waals surface area contributed by atoms with Gasteiger partial charge in [-0.15, -0.1) is 0 Å². The average Bonchev–Trinajstić information content (AvgIpc) is 3.17. The summed E-state index contributed by atoms with van der Waals surface area (Å²) in [7, 11) is 0. The van der Waals surface area contributed by atoms with Crippen molar-refractivity contribution < 1.29 is 13.7 Å². The Kier molecular flexibility index (Phi) is 2.56. The number of aromatic nitrogens is 3. The molecule has 0 spiro atoms. The van der Waals surface area contributed by atoms with Gasteiger partial charge in [0, 0.05) is 25.0 Å². The van der Waals surface area contributed by atoms with Crippen molar-refractivity contribution >= 4 is 11.1 Å². The highest BCUT2D eigenvalue weighted by Gasteiger charge is 2.23. The third-order valence-electron chi connectivity index (χ3n) is 3.48. The van der Waals surface area contributed by atoms with E-state index in [1.165, 1.54) is 0 Å². The van der Waals surface area contributed by atoms with Crippen LogP contribution in [0.15, 0.2) is 27.1 Å². The van der Waals surface area contributed by atoms with Gasteiger partial charge in [0.1, 0.15) is 5.52 Å². The molecule has 0 bridgehead atoms. The molecule has 3 heterocycles. The van der Waals surface area contributed by atoms with Gasteiger partial charge in [-0.25, -0.2) is 4.98 Å². The van der Waals surface area contributed by atoms with Crippen molar-refractivity contribution in [2.75, 3.05) is 13.2 Å². The van der Waals surface area contributed by atoms with Gasteiger partial charge in [-0.2, -0.15) is 4.98 Å². The largest absolute Gasteiger partial charge is 0.441 e. The second-order valence-electron chi connectivity index (χ2n) is 4.93. The van der Waals surface area contributed by atoms with Crippen LogP contribution in [0.5, 0.6) is 0 Å². The summed E-state index contributed by atoms with van der Waals surface area (Å²) in [5.41, 5.74) is 2.39. The number of oxazole rings is 1. The number of aryl methyl sites for hydroxylation is 1. The highest BCUT2D eigenvalue weighted by Crippen LogP contribution is 2.27. The Labute approximate surface area is 114 Å². The van der Waals surface area contributed by atoms with Gasteiger partial charge in [-0.3, -0.25) is 0 Å². The van der Waals surface area contributed by atoms with Crippen LogP contribution in [-0.4, -0.2) is 28.3 Å². The van der Waals surface area contributed by atoms with Gasteiger partial charge in [0.25, 0.3) is 5.89 Å². The first-order valence-corrected chi connectivity index (χ1v) is 6.58. The minimum Gasteiger partial charge on any atom is -0.441 e. The maximum absolute atomic E-state index is 5.52. The van der Waals surface area contributed by atoms with E-state index in [4.69, 9.17) is 13.7 Å². The number of hydrogen-bond acceptors (Lipinski definition) is 6. The van der Waals surface area contributed by atoms with Crippen LogP contribution in [0, 0.1) is 6.92 Å². The topological polar surface area (TPSA) is 74.2 Å². The molecule has 1 aromatic carbocycles. The second-order valence-corrected chi connectivity index (χ2v) is 4.93. The standard InChI is InChI=1S/C14H13N3O3/c1-8-15-11-3-2-9(6-12(11)19-8)14-16-13(17-20-14)10-4-5-18-7-10/h2-3,6,10H,4-5,7H2,1H3. The Morgan fingerprint density at radius 2 is 2.20 bits per heavy atom. The van der Waals surface area contributed by atoms with Gasteiger partial charge in [0.05, 0.1) is 6.61 Å². The molecule has 1 unspecified atom stereocenters. The summed E-state index contributed by atoms with van der Waals surface area (Å²) < 4.78 is 16.2. The average molecular weight is 271 g/mol. The maximum atomic E-state index is 5.52. The van der Waals surface area contributed by atoms with Crippen LogP contribution >= 0.6 is 0 Å². The summed E-state index contributed by atoms with van der Waals surface area (Å²) in [4.78, 5) is 8.72. The predicted molar refractivity (Wildman–Crippen MR) is 70.2 cm³/mol. The fourth-order valence-corrected chi connectivity index (χ4v) is 2.43. The summed E-state index contributed by atoms with van der Waals surface area (Å²) in [6.45, 7) is 3.25. The molecular weight excluding hydrogens is 258 g/mol. The molecule has 0 radical (unpaired) electrons. The van der Waals surface area contributed by atoms with Crippen molar-refractivity contribution in [2.24, 2.45) is 0 Å². The highest BCUT2D eigenvalue weighted by atomic mass is 16.5. The molecule has 6 heteroatoms. The van der Waals surface area contributed by atoms with Gasteiger partial charge in [0.15, 0.2) is 17.3 Å². The first kappa shape index (κ1) is 11.6. The molecular formula is C14H13N3O3. The van der Waals surface area contributed by atoms with Crippen LogP contribution in [0.25, 0.3) is 22.6 Å². The van der Waals surface area contributed by atoms with E-state index in [-0.39, 0.29) is 5.92 Å². The van der Waals surface area contributed by atoms with Crippen molar-refractivity contribution in [2.45, 2.75) is 19.3 Å². The summed E-state index contributed by atoms with van der Waals surface area (Å²) >= 11 is 0. The summed E-state index contributed by atoms with van der Waals surface area (Å²) in [5, 5.41) is 4.05. The molecule has 1 saturated heterocycles. The van der Waals surface area contributed by atoms with E-state index in [2.05, 4.69) is 15.1 Å². The number of fused-ring (bicyclic) bond motifs is 1. The lowest BCUT2D eigenvalue weighted by molar-refractivity contribution is 0.192. The zero-order valence-corrected chi connectivity index (χ0v) is 11.0. The lowest BCUT2D eigenvalue weighted by Crippen LogP contribution is -1.99. The van der Waals surface area contributed by atoms with Gasteiger partial charge in [0.2, 0.25) is 0 Å². The van der Waals surface area contributed by atoms with Crippen molar-refractivity contribution in [3.63, 3.8) is 0 Å². The monoisotopic (exact) mass is 271 g/mol. The molecule has 1 aliphatic heterocycles. The number of hydrogen-bond donors (Lipinski definition) is 0. The van der Waals surface area contributed by atoms with E-state index >= 15 is 0 Å². The van der Waals surface area contributed by atoms with E-state index in [1.807, 2.05) is 25.1 Å². The van der Waals surface area contributed by atoms with Crippen LogP contribution in [0.4, 0.5) is 0 Å². The van der Waals surface area contributed by atoms with E-state index in [9.17, 15) is 0 Å². The lowest BCUT2D eigenvalue weighted by Gasteiger charge is -1.97. The molecule has 0 amide bonds. The molecule has 1 fully saturated rings. The van der Waals surface area contributed by atoms with Crippen LogP contribution in [0.2, 0.25) is 0 Å². The second kappa shape index (κ2) is 4.42. The van der Waals surface area contributed by atoms with Crippen molar-refractivity contribution in [3.8, 4) is 11.5 Å². The van der Waals surface area contributed by atoms with Gasteiger partial charge < -0.3 is 13.7 Å². The van der Waals surface area contributed by atoms with Crippen molar-refractivity contribution in [1.82, 2.24) is 15.1 Å². The molecule has 1 aliphatic rings. The Bertz CT molecular complexity index is 756. The Balaban J connectivity index is 1.71. The van der Waals surface area contributed by atoms with E-state index in [0.717, 1.165) is 29.7 Å². The molecule has 102 valence electrons. The molecule has 3 aromatic rings. The number of benzene rings is 1. The fourth-order valence-electron chi connectivity index (χ4n) is 2.43. The summed E-state index contributed by atoms with van der Waals surface area (Å²) in [6, 6.07) is 5.67. The summed E-state index contributed by atoms with van der Waals surface area (Å²) in [5.74, 6) is 2.10. The van der Waals surface area contributed by atoms with Crippen molar-refractivity contribution in [3.05, 3.63) is 29.9 Å². The summed E-state index contributed by atoms with van der Waals surface area (Å²) in [6.07, 6.45) is 0.944. The molecule has 0 N–H and O–H groups in total. The zero-order valence-electron chi connectivity index (χ0n) is 11.0. The zero-order chi connectivity index (χ0) is 13.5. The fraction of sp³-hybridized carbons (Fsp3) is 0.357. The van der Waals surface area contributed by atoms with Gasteiger partial charge >= 0.3 is 0 Å². The van der Waals surface area contributed by atoms with E-state index < -0.39 is 0 Å². The minimum absolute atomic E-state index is 0.240. The Morgan fingerprint density at radius 3 is 3.05 bits per heavy atom. The van der Waals surface area contributed by atoms with E-state index in [1.54, 1.807) is 0 Å². The van der Waals surface area contributed by atoms with Gasteiger partial charge in [-0.05, 0) is 24.6 Å². The van der Waals surface area contributed by atoms with Crippen molar-refractivity contribution in [1.29, 1.82) is 0 Å². The van der Waals surface area contributed by atoms with Crippen LogP contribution in [0.1, 0.15) is 24.1 Å². The maximum Gasteiger partial charge on any atom is 0.258 e. The molecule has 2 aromatic heterocycles. The predicted octanol–water partition coefficient (Wildman–Crippen LogP) is 2.69. The molecule has 0 saturated carbocycles. The Hall–Kier alpha value is -2.21. The number of ether oxygens (including phenoxy) is 1. The quantitative estimate of drug-likeness (QED) is 0.713.